The number of carbonyl (C=O) groups excluding carboxylic acids is 1. The quantitative estimate of drug-likeness (QED) is 0.784. The van der Waals surface area contributed by atoms with Crippen molar-refractivity contribution in [1.82, 2.24) is 10.6 Å². The number of hydrogen-bond acceptors (Lipinski definition) is 2. The van der Waals surface area contributed by atoms with Gasteiger partial charge in [-0.1, -0.05) is 58.9 Å². The van der Waals surface area contributed by atoms with Crippen molar-refractivity contribution in [3.63, 3.8) is 0 Å². The summed E-state index contributed by atoms with van der Waals surface area (Å²) in [6.45, 7) is 12.8. The van der Waals surface area contributed by atoms with Gasteiger partial charge >= 0.3 is 0 Å². The molecular formula is C17H28N2O. The molecule has 0 saturated carbocycles. The average molecular weight is 276 g/mol. The summed E-state index contributed by atoms with van der Waals surface area (Å²) < 4.78 is 0. The minimum Gasteiger partial charge on any atom is -0.355 e. The van der Waals surface area contributed by atoms with Gasteiger partial charge < -0.3 is 10.6 Å². The Morgan fingerprint density at radius 1 is 1.10 bits per heavy atom. The zero-order valence-electron chi connectivity index (χ0n) is 13.4. The van der Waals surface area contributed by atoms with E-state index in [2.05, 4.69) is 55.7 Å². The van der Waals surface area contributed by atoms with Crippen molar-refractivity contribution in [2.45, 2.75) is 46.6 Å². The first-order valence-electron chi connectivity index (χ1n) is 7.38. The summed E-state index contributed by atoms with van der Waals surface area (Å²) in [5, 5.41) is 6.24. The van der Waals surface area contributed by atoms with E-state index in [9.17, 15) is 4.79 Å². The maximum Gasteiger partial charge on any atom is 0.222 e. The van der Waals surface area contributed by atoms with E-state index in [0.29, 0.717) is 6.54 Å². The predicted molar refractivity (Wildman–Crippen MR) is 84.7 cm³/mol. The Labute approximate surface area is 123 Å². The van der Waals surface area contributed by atoms with Gasteiger partial charge in [-0.3, -0.25) is 4.79 Å². The fourth-order valence-electron chi connectivity index (χ4n) is 1.83. The lowest BCUT2D eigenvalue weighted by molar-refractivity contribution is -0.123. The maximum atomic E-state index is 11.4. The lowest BCUT2D eigenvalue weighted by atomic mass is 9.87. The van der Waals surface area contributed by atoms with E-state index < -0.39 is 0 Å². The fraction of sp³-hybridized carbons (Fsp3) is 0.588. The van der Waals surface area contributed by atoms with Crippen molar-refractivity contribution in [3.05, 3.63) is 35.4 Å². The number of nitrogens with one attached hydrogen (secondary N) is 2. The monoisotopic (exact) mass is 276 g/mol. The number of hydrogen-bond donors (Lipinski definition) is 2. The zero-order chi connectivity index (χ0) is 15.2. The normalized spacial score (nSPS) is 11.7. The summed E-state index contributed by atoms with van der Waals surface area (Å²) >= 11 is 0. The van der Waals surface area contributed by atoms with Crippen LogP contribution >= 0.6 is 0 Å². The molecule has 3 heteroatoms. The Bertz CT molecular complexity index is 416. The van der Waals surface area contributed by atoms with Crippen LogP contribution < -0.4 is 10.6 Å². The van der Waals surface area contributed by atoms with Gasteiger partial charge in [0.1, 0.15) is 0 Å². The van der Waals surface area contributed by atoms with Gasteiger partial charge in [0, 0.05) is 25.6 Å². The highest BCUT2D eigenvalue weighted by Gasteiger charge is 2.12. The van der Waals surface area contributed by atoms with E-state index in [0.717, 1.165) is 13.1 Å². The smallest absolute Gasteiger partial charge is 0.222 e. The molecule has 0 atom stereocenters. The average Bonchev–Trinajstić information content (AvgIpc) is 2.37. The van der Waals surface area contributed by atoms with Crippen LogP contribution in [0.5, 0.6) is 0 Å². The molecule has 0 radical (unpaired) electrons. The van der Waals surface area contributed by atoms with E-state index >= 15 is 0 Å². The molecule has 1 rings (SSSR count). The Hall–Kier alpha value is -1.35. The molecule has 0 aliphatic rings. The molecule has 0 unspecified atom stereocenters. The largest absolute Gasteiger partial charge is 0.355 e. The van der Waals surface area contributed by atoms with Crippen LogP contribution in [-0.2, 0) is 16.8 Å². The second-order valence-electron chi connectivity index (χ2n) is 6.57. The number of rotatable bonds is 6. The van der Waals surface area contributed by atoms with Crippen molar-refractivity contribution < 1.29 is 4.79 Å². The molecule has 3 nitrogen and oxygen atoms in total. The number of amides is 1. The second kappa shape index (κ2) is 7.44. The van der Waals surface area contributed by atoms with Crippen molar-refractivity contribution in [2.24, 2.45) is 5.92 Å². The third-order valence-corrected chi connectivity index (χ3v) is 3.27. The molecule has 112 valence electrons. The molecule has 0 aliphatic carbocycles. The first-order valence-corrected chi connectivity index (χ1v) is 7.38. The van der Waals surface area contributed by atoms with Crippen LogP contribution in [-0.4, -0.2) is 19.0 Å². The summed E-state index contributed by atoms with van der Waals surface area (Å²) in [6, 6.07) is 8.72. The summed E-state index contributed by atoms with van der Waals surface area (Å²) in [5.74, 6) is 0.168. The highest BCUT2D eigenvalue weighted by molar-refractivity contribution is 5.77. The van der Waals surface area contributed by atoms with E-state index in [1.54, 1.807) is 0 Å². The van der Waals surface area contributed by atoms with Crippen LogP contribution in [0.15, 0.2) is 24.3 Å². The fourth-order valence-corrected chi connectivity index (χ4v) is 1.83. The van der Waals surface area contributed by atoms with Gasteiger partial charge in [-0.2, -0.15) is 0 Å². The van der Waals surface area contributed by atoms with Crippen LogP contribution in [0.25, 0.3) is 0 Å². The lowest BCUT2D eigenvalue weighted by Crippen LogP contribution is -2.34. The molecule has 0 aromatic heterocycles. The van der Waals surface area contributed by atoms with Crippen LogP contribution in [0.1, 0.15) is 45.7 Å². The minimum atomic E-state index is 0.0555. The van der Waals surface area contributed by atoms with Gasteiger partial charge in [-0.05, 0) is 16.5 Å². The number of benzene rings is 1. The standard InChI is InChI=1S/C17H28N2O/c1-13(2)16(20)19-11-10-18-12-14-6-8-15(9-7-14)17(3,4)5/h6-9,13,18H,10-12H2,1-5H3,(H,19,20). The molecule has 0 spiro atoms. The molecule has 1 aromatic carbocycles. The van der Waals surface area contributed by atoms with Gasteiger partial charge in [0.15, 0.2) is 0 Å². The summed E-state index contributed by atoms with van der Waals surface area (Å²) in [4.78, 5) is 11.4. The van der Waals surface area contributed by atoms with Crippen LogP contribution in [0, 0.1) is 5.92 Å². The first-order chi connectivity index (χ1) is 9.30. The topological polar surface area (TPSA) is 41.1 Å². The molecular weight excluding hydrogens is 248 g/mol. The molecule has 0 bridgehead atoms. The third kappa shape index (κ3) is 5.74. The Morgan fingerprint density at radius 2 is 1.70 bits per heavy atom. The molecule has 1 aromatic rings. The molecule has 2 N–H and O–H groups in total. The van der Waals surface area contributed by atoms with Crippen LogP contribution in [0.2, 0.25) is 0 Å². The van der Waals surface area contributed by atoms with E-state index in [4.69, 9.17) is 0 Å². The van der Waals surface area contributed by atoms with Crippen molar-refractivity contribution in [2.75, 3.05) is 13.1 Å². The Balaban J connectivity index is 2.28. The Morgan fingerprint density at radius 3 is 2.20 bits per heavy atom. The molecule has 0 aliphatic heterocycles. The van der Waals surface area contributed by atoms with Crippen molar-refractivity contribution in [1.29, 1.82) is 0 Å². The van der Waals surface area contributed by atoms with Gasteiger partial charge in [-0.15, -0.1) is 0 Å². The summed E-state index contributed by atoms with van der Waals surface area (Å²) in [6.07, 6.45) is 0. The molecule has 0 saturated heterocycles. The predicted octanol–water partition coefficient (Wildman–Crippen LogP) is 2.85. The summed E-state index contributed by atoms with van der Waals surface area (Å²) in [7, 11) is 0. The maximum absolute atomic E-state index is 11.4. The van der Waals surface area contributed by atoms with Crippen LogP contribution in [0.4, 0.5) is 0 Å². The van der Waals surface area contributed by atoms with E-state index in [-0.39, 0.29) is 17.2 Å². The molecule has 0 heterocycles. The Kier molecular flexibility index (Phi) is 6.21. The first kappa shape index (κ1) is 16.7. The molecule has 1 amide bonds. The molecule has 0 fully saturated rings. The van der Waals surface area contributed by atoms with Gasteiger partial charge in [0.25, 0.3) is 0 Å². The van der Waals surface area contributed by atoms with E-state index in [1.807, 2.05) is 13.8 Å². The highest BCUT2D eigenvalue weighted by atomic mass is 16.1. The SMILES string of the molecule is CC(C)C(=O)NCCNCc1ccc(C(C)(C)C)cc1. The van der Waals surface area contributed by atoms with Gasteiger partial charge in [-0.25, -0.2) is 0 Å². The van der Waals surface area contributed by atoms with Crippen molar-refractivity contribution >= 4 is 5.91 Å². The van der Waals surface area contributed by atoms with Gasteiger partial charge in [0.2, 0.25) is 5.91 Å². The third-order valence-electron chi connectivity index (χ3n) is 3.27. The van der Waals surface area contributed by atoms with Gasteiger partial charge in [0.05, 0.1) is 0 Å². The highest BCUT2D eigenvalue weighted by Crippen LogP contribution is 2.21. The number of carbonyl (C=O) groups is 1. The van der Waals surface area contributed by atoms with Crippen molar-refractivity contribution in [3.8, 4) is 0 Å². The molecule has 20 heavy (non-hydrogen) atoms. The van der Waals surface area contributed by atoms with E-state index in [1.165, 1.54) is 11.1 Å². The lowest BCUT2D eigenvalue weighted by Gasteiger charge is -2.19. The van der Waals surface area contributed by atoms with Crippen LogP contribution in [0.3, 0.4) is 0 Å². The second-order valence-corrected chi connectivity index (χ2v) is 6.57. The minimum absolute atomic E-state index is 0.0555. The zero-order valence-corrected chi connectivity index (χ0v) is 13.4. The summed E-state index contributed by atoms with van der Waals surface area (Å²) in [5.41, 5.74) is 2.83.